The van der Waals surface area contributed by atoms with Crippen LogP contribution < -0.4 is 5.32 Å². The second-order valence-electron chi connectivity index (χ2n) is 6.10. The molecule has 0 bridgehead atoms. The molecule has 1 aliphatic carbocycles. The van der Waals surface area contributed by atoms with Crippen LogP contribution in [0.25, 0.3) is 0 Å². The minimum atomic E-state index is 0.213. The third-order valence-electron chi connectivity index (χ3n) is 4.27. The number of allylic oxidation sites excluding steroid dienone is 1. The summed E-state index contributed by atoms with van der Waals surface area (Å²) < 4.78 is 0. The lowest BCUT2D eigenvalue weighted by Gasteiger charge is -2.40. The van der Waals surface area contributed by atoms with Gasteiger partial charge in [-0.25, -0.2) is 0 Å². The number of aliphatic hydroxyl groups excluding tert-OH is 1. The summed E-state index contributed by atoms with van der Waals surface area (Å²) in [7, 11) is 0. The van der Waals surface area contributed by atoms with Crippen LogP contribution in [0.2, 0.25) is 0 Å². The Bertz CT molecular complexity index is 352. The second kappa shape index (κ2) is 4.95. The fourth-order valence-corrected chi connectivity index (χ4v) is 3.41. The molecule has 2 aliphatic rings. The maximum atomic E-state index is 9.29. The van der Waals surface area contributed by atoms with E-state index in [0.717, 1.165) is 13.0 Å². The molecule has 1 aliphatic heterocycles. The van der Waals surface area contributed by atoms with Crippen LogP contribution in [0, 0.1) is 5.41 Å². The lowest BCUT2D eigenvalue weighted by molar-refractivity contribution is 0.313. The van der Waals surface area contributed by atoms with Crippen LogP contribution in [0.1, 0.15) is 46.5 Å². The minimum absolute atomic E-state index is 0.213. The van der Waals surface area contributed by atoms with Gasteiger partial charge in [0, 0.05) is 6.04 Å². The lowest BCUT2D eigenvalue weighted by Crippen LogP contribution is -2.40. The van der Waals surface area contributed by atoms with Gasteiger partial charge in [-0.2, -0.15) is 0 Å². The first-order valence-corrected chi connectivity index (χ1v) is 6.78. The van der Waals surface area contributed by atoms with Gasteiger partial charge in [0.25, 0.3) is 0 Å². The predicted molar refractivity (Wildman–Crippen MR) is 71.9 cm³/mol. The van der Waals surface area contributed by atoms with Gasteiger partial charge in [-0.05, 0) is 55.7 Å². The molecule has 0 amide bonds. The number of nitrogens with one attached hydrogen (secondary N) is 1. The number of rotatable bonds is 2. The third-order valence-corrected chi connectivity index (χ3v) is 4.27. The Hall–Kier alpha value is -0.600. The molecule has 2 N–H and O–H groups in total. The monoisotopic (exact) mass is 235 g/mol. The van der Waals surface area contributed by atoms with Crippen LogP contribution in [-0.2, 0) is 0 Å². The van der Waals surface area contributed by atoms with Gasteiger partial charge in [0.1, 0.15) is 0 Å². The van der Waals surface area contributed by atoms with Crippen LogP contribution >= 0.6 is 0 Å². The summed E-state index contributed by atoms with van der Waals surface area (Å²) in [4.78, 5) is 0. The van der Waals surface area contributed by atoms with Crippen molar-refractivity contribution in [3.63, 3.8) is 0 Å². The molecule has 0 saturated carbocycles. The molecule has 0 aromatic rings. The second-order valence-corrected chi connectivity index (χ2v) is 6.10. The number of aliphatic hydroxyl groups is 1. The van der Waals surface area contributed by atoms with Crippen molar-refractivity contribution in [1.82, 2.24) is 5.32 Å². The first kappa shape index (κ1) is 12.8. The van der Waals surface area contributed by atoms with E-state index < -0.39 is 0 Å². The number of hydrogen-bond donors (Lipinski definition) is 2. The molecular formula is C15H25NO. The first-order valence-electron chi connectivity index (χ1n) is 6.78. The van der Waals surface area contributed by atoms with E-state index in [1.54, 1.807) is 11.1 Å². The predicted octanol–water partition coefficient (Wildman–Crippen LogP) is 2.79. The highest BCUT2D eigenvalue weighted by Crippen LogP contribution is 2.42. The van der Waals surface area contributed by atoms with E-state index in [1.807, 2.05) is 0 Å². The molecule has 0 spiro atoms. The third kappa shape index (κ3) is 2.63. The van der Waals surface area contributed by atoms with Crippen molar-refractivity contribution in [2.45, 2.75) is 52.5 Å². The summed E-state index contributed by atoms with van der Waals surface area (Å²) in [6, 6.07) is 0.348. The van der Waals surface area contributed by atoms with Gasteiger partial charge >= 0.3 is 0 Å². The summed E-state index contributed by atoms with van der Waals surface area (Å²) in [5, 5.41) is 12.9. The quantitative estimate of drug-likeness (QED) is 0.721. The molecule has 0 aromatic carbocycles. The summed E-state index contributed by atoms with van der Waals surface area (Å²) in [5.74, 6) is 0. The van der Waals surface area contributed by atoms with Gasteiger partial charge in [0.15, 0.2) is 0 Å². The summed E-state index contributed by atoms with van der Waals surface area (Å²) in [5.41, 5.74) is 4.60. The molecule has 96 valence electrons. The van der Waals surface area contributed by atoms with E-state index in [9.17, 15) is 5.11 Å². The van der Waals surface area contributed by atoms with Gasteiger partial charge in [-0.15, -0.1) is 0 Å². The van der Waals surface area contributed by atoms with E-state index in [0.29, 0.717) is 11.5 Å². The maximum Gasteiger partial charge on any atom is 0.0642 e. The standard InChI is InChI=1S/C15H25NO/c1-11-5-4-7-15(2,3)14(11)13-9-12(10-17)6-8-16-13/h9,13,16-17H,4-8,10H2,1-3H3/t13-/m0/s1. The van der Waals surface area contributed by atoms with Crippen molar-refractivity contribution in [2.75, 3.05) is 13.2 Å². The highest BCUT2D eigenvalue weighted by Gasteiger charge is 2.33. The smallest absolute Gasteiger partial charge is 0.0642 e. The fourth-order valence-electron chi connectivity index (χ4n) is 3.41. The zero-order valence-electron chi connectivity index (χ0n) is 11.3. The Balaban J connectivity index is 2.31. The van der Waals surface area contributed by atoms with Gasteiger partial charge in [0.05, 0.1) is 6.61 Å². The summed E-state index contributed by atoms with van der Waals surface area (Å²) >= 11 is 0. The average Bonchev–Trinajstić information content (AvgIpc) is 2.28. The van der Waals surface area contributed by atoms with Gasteiger partial charge < -0.3 is 10.4 Å². The largest absolute Gasteiger partial charge is 0.392 e. The molecule has 0 radical (unpaired) electrons. The van der Waals surface area contributed by atoms with E-state index in [1.165, 1.54) is 24.8 Å². The Kier molecular flexibility index (Phi) is 3.74. The summed E-state index contributed by atoms with van der Waals surface area (Å²) in [6.45, 7) is 8.19. The molecular weight excluding hydrogens is 210 g/mol. The normalized spacial score (nSPS) is 29.2. The Labute approximate surface area is 105 Å². The Morgan fingerprint density at radius 2 is 2.18 bits per heavy atom. The summed E-state index contributed by atoms with van der Waals surface area (Å²) in [6.07, 6.45) is 7.06. The lowest BCUT2D eigenvalue weighted by atomic mass is 9.69. The SMILES string of the molecule is CC1=C([C@@H]2C=C(CO)CCN2)C(C)(C)CCC1. The highest BCUT2D eigenvalue weighted by molar-refractivity contribution is 5.34. The van der Waals surface area contributed by atoms with E-state index >= 15 is 0 Å². The molecule has 2 rings (SSSR count). The van der Waals surface area contributed by atoms with Crippen LogP contribution in [0.5, 0.6) is 0 Å². The molecule has 2 heteroatoms. The topological polar surface area (TPSA) is 32.3 Å². The van der Waals surface area contributed by atoms with Gasteiger partial charge in [-0.3, -0.25) is 0 Å². The van der Waals surface area contributed by atoms with Crippen molar-refractivity contribution in [1.29, 1.82) is 0 Å². The van der Waals surface area contributed by atoms with Crippen molar-refractivity contribution in [3.05, 3.63) is 22.8 Å². The molecule has 0 fully saturated rings. The van der Waals surface area contributed by atoms with Crippen molar-refractivity contribution in [3.8, 4) is 0 Å². The average molecular weight is 235 g/mol. The van der Waals surface area contributed by atoms with Crippen molar-refractivity contribution < 1.29 is 5.11 Å². The Morgan fingerprint density at radius 3 is 2.82 bits per heavy atom. The number of hydrogen-bond acceptors (Lipinski definition) is 2. The molecule has 0 aromatic heterocycles. The minimum Gasteiger partial charge on any atom is -0.392 e. The van der Waals surface area contributed by atoms with E-state index in [4.69, 9.17) is 0 Å². The molecule has 17 heavy (non-hydrogen) atoms. The molecule has 0 saturated heterocycles. The van der Waals surface area contributed by atoms with Crippen molar-refractivity contribution in [2.24, 2.45) is 5.41 Å². The first-order chi connectivity index (χ1) is 8.04. The Morgan fingerprint density at radius 1 is 1.41 bits per heavy atom. The molecule has 0 unspecified atom stereocenters. The van der Waals surface area contributed by atoms with Crippen LogP contribution in [0.3, 0.4) is 0 Å². The molecule has 2 nitrogen and oxygen atoms in total. The van der Waals surface area contributed by atoms with Crippen LogP contribution in [0.15, 0.2) is 22.8 Å². The maximum absolute atomic E-state index is 9.29. The van der Waals surface area contributed by atoms with Crippen LogP contribution in [-0.4, -0.2) is 24.3 Å². The van der Waals surface area contributed by atoms with Crippen molar-refractivity contribution >= 4 is 0 Å². The van der Waals surface area contributed by atoms with E-state index in [2.05, 4.69) is 32.2 Å². The fraction of sp³-hybridized carbons (Fsp3) is 0.733. The highest BCUT2D eigenvalue weighted by atomic mass is 16.3. The van der Waals surface area contributed by atoms with Gasteiger partial charge in [-0.1, -0.05) is 25.5 Å². The zero-order chi connectivity index (χ0) is 12.5. The van der Waals surface area contributed by atoms with Gasteiger partial charge in [0.2, 0.25) is 0 Å². The zero-order valence-corrected chi connectivity index (χ0v) is 11.3. The molecule has 1 atom stereocenters. The molecule has 1 heterocycles. The van der Waals surface area contributed by atoms with Crippen LogP contribution in [0.4, 0.5) is 0 Å². The van der Waals surface area contributed by atoms with E-state index in [-0.39, 0.29) is 6.61 Å².